The Morgan fingerprint density at radius 1 is 1.38 bits per heavy atom. The summed E-state index contributed by atoms with van der Waals surface area (Å²) < 4.78 is 13.5. The Morgan fingerprint density at radius 3 is 2.88 bits per heavy atom. The summed E-state index contributed by atoms with van der Waals surface area (Å²) >= 11 is 0. The van der Waals surface area contributed by atoms with E-state index >= 15 is 0 Å². The van der Waals surface area contributed by atoms with Crippen LogP contribution in [0.2, 0.25) is 0 Å². The molecule has 24 heavy (non-hydrogen) atoms. The van der Waals surface area contributed by atoms with Crippen LogP contribution >= 0.6 is 0 Å². The van der Waals surface area contributed by atoms with Crippen LogP contribution in [0, 0.1) is 5.82 Å². The van der Waals surface area contributed by atoms with Gasteiger partial charge in [0.1, 0.15) is 5.82 Å². The Balaban J connectivity index is 1.92. The highest BCUT2D eigenvalue weighted by molar-refractivity contribution is 5.79. The van der Waals surface area contributed by atoms with Crippen LogP contribution in [-0.2, 0) is 9.59 Å². The van der Waals surface area contributed by atoms with E-state index in [-0.39, 0.29) is 29.7 Å². The fourth-order valence-corrected chi connectivity index (χ4v) is 2.95. The van der Waals surface area contributed by atoms with Gasteiger partial charge in [-0.3, -0.25) is 9.59 Å². The van der Waals surface area contributed by atoms with Crippen molar-refractivity contribution in [2.45, 2.75) is 45.2 Å². The van der Waals surface area contributed by atoms with E-state index in [0.717, 1.165) is 12.1 Å². The zero-order chi connectivity index (χ0) is 17.5. The van der Waals surface area contributed by atoms with E-state index in [0.29, 0.717) is 32.4 Å². The molecule has 2 rings (SSSR count). The number of carbonyl (C=O) groups is 2. The van der Waals surface area contributed by atoms with Gasteiger partial charge in [0.05, 0.1) is 6.04 Å². The summed E-state index contributed by atoms with van der Waals surface area (Å²) in [4.78, 5) is 26.0. The van der Waals surface area contributed by atoms with Crippen LogP contribution in [-0.4, -0.2) is 42.4 Å². The van der Waals surface area contributed by atoms with Crippen molar-refractivity contribution < 1.29 is 14.0 Å². The molecule has 0 radical (unpaired) electrons. The molecule has 0 spiro atoms. The van der Waals surface area contributed by atoms with E-state index in [9.17, 15) is 14.0 Å². The minimum atomic E-state index is -0.296. The molecule has 5 nitrogen and oxygen atoms in total. The normalized spacial score (nSPS) is 17.8. The van der Waals surface area contributed by atoms with Gasteiger partial charge in [0.15, 0.2) is 0 Å². The second-order valence-electron chi connectivity index (χ2n) is 6.44. The lowest BCUT2D eigenvalue weighted by atomic mass is 10.0. The van der Waals surface area contributed by atoms with Crippen molar-refractivity contribution in [3.05, 3.63) is 35.6 Å². The number of piperazine rings is 1. The molecule has 2 amide bonds. The lowest BCUT2D eigenvalue weighted by molar-refractivity contribution is -0.134. The van der Waals surface area contributed by atoms with Crippen molar-refractivity contribution in [3.8, 4) is 0 Å². The second kappa shape index (κ2) is 8.78. The summed E-state index contributed by atoms with van der Waals surface area (Å²) in [6.45, 7) is 5.76. The quantitative estimate of drug-likeness (QED) is 0.836. The van der Waals surface area contributed by atoms with Crippen molar-refractivity contribution in [1.82, 2.24) is 15.5 Å². The van der Waals surface area contributed by atoms with Crippen LogP contribution in [0.4, 0.5) is 4.39 Å². The Labute approximate surface area is 142 Å². The molecular formula is C18H26FN3O2. The maximum Gasteiger partial charge on any atom is 0.223 e. The third kappa shape index (κ3) is 5.30. The van der Waals surface area contributed by atoms with Crippen LogP contribution in [0.5, 0.6) is 0 Å². The maximum absolute atomic E-state index is 13.5. The zero-order valence-electron chi connectivity index (χ0n) is 14.3. The molecule has 0 aromatic heterocycles. The minimum absolute atomic E-state index is 0.0168. The first-order valence-corrected chi connectivity index (χ1v) is 8.52. The molecule has 1 aromatic carbocycles. The van der Waals surface area contributed by atoms with Crippen molar-refractivity contribution in [3.63, 3.8) is 0 Å². The number of rotatable bonds is 6. The van der Waals surface area contributed by atoms with Gasteiger partial charge in [-0.15, -0.1) is 0 Å². The molecule has 6 heteroatoms. The first-order valence-electron chi connectivity index (χ1n) is 8.52. The van der Waals surface area contributed by atoms with Crippen molar-refractivity contribution in [2.24, 2.45) is 0 Å². The molecule has 1 aliphatic heterocycles. The summed E-state index contributed by atoms with van der Waals surface area (Å²) in [6, 6.07) is 6.34. The molecule has 2 N–H and O–H groups in total. The zero-order valence-corrected chi connectivity index (χ0v) is 14.3. The van der Waals surface area contributed by atoms with Crippen LogP contribution in [0.1, 0.15) is 44.7 Å². The molecule has 1 fully saturated rings. The molecule has 0 saturated carbocycles. The molecule has 132 valence electrons. The Hall–Kier alpha value is -1.95. The maximum atomic E-state index is 13.5. The Morgan fingerprint density at radius 2 is 2.17 bits per heavy atom. The SMILES string of the molecule is CC(C)NC(=O)CCCC(=O)N1CCNCC1c1cccc(F)c1. The highest BCUT2D eigenvalue weighted by atomic mass is 19.1. The Kier molecular flexibility index (Phi) is 6.73. The summed E-state index contributed by atoms with van der Waals surface area (Å²) in [5.41, 5.74) is 0.799. The van der Waals surface area contributed by atoms with E-state index in [2.05, 4.69) is 10.6 Å². The summed E-state index contributed by atoms with van der Waals surface area (Å²) in [5.74, 6) is -0.307. The van der Waals surface area contributed by atoms with Gasteiger partial charge in [-0.25, -0.2) is 4.39 Å². The van der Waals surface area contributed by atoms with Gasteiger partial charge in [-0.2, -0.15) is 0 Å². The Bertz CT molecular complexity index is 577. The molecule has 1 aromatic rings. The first-order chi connectivity index (χ1) is 11.5. The van der Waals surface area contributed by atoms with Crippen LogP contribution in [0.15, 0.2) is 24.3 Å². The van der Waals surface area contributed by atoms with Gasteiger partial charge in [0.25, 0.3) is 0 Å². The van der Waals surface area contributed by atoms with E-state index in [4.69, 9.17) is 0 Å². The number of hydrogen-bond donors (Lipinski definition) is 2. The minimum Gasteiger partial charge on any atom is -0.354 e. The lowest BCUT2D eigenvalue weighted by Gasteiger charge is -2.36. The standard InChI is InChI=1S/C18H26FN3O2/c1-13(2)21-17(23)7-4-8-18(24)22-10-9-20-12-16(22)14-5-3-6-15(19)11-14/h3,5-6,11,13,16,20H,4,7-10,12H2,1-2H3,(H,21,23). The summed E-state index contributed by atoms with van der Waals surface area (Å²) in [6.07, 6.45) is 1.20. The molecule has 1 unspecified atom stereocenters. The number of hydrogen-bond acceptors (Lipinski definition) is 3. The van der Waals surface area contributed by atoms with Gasteiger partial charge in [0, 0.05) is 38.5 Å². The molecule has 0 bridgehead atoms. The second-order valence-corrected chi connectivity index (χ2v) is 6.44. The number of carbonyl (C=O) groups excluding carboxylic acids is 2. The van der Waals surface area contributed by atoms with E-state index in [1.54, 1.807) is 11.0 Å². The number of benzene rings is 1. The third-order valence-corrected chi connectivity index (χ3v) is 4.04. The summed E-state index contributed by atoms with van der Waals surface area (Å²) in [7, 11) is 0. The summed E-state index contributed by atoms with van der Waals surface area (Å²) in [5, 5.41) is 6.07. The number of halogens is 1. The first kappa shape index (κ1) is 18.4. The molecule has 1 atom stereocenters. The average Bonchev–Trinajstić information content (AvgIpc) is 2.54. The van der Waals surface area contributed by atoms with Crippen LogP contribution < -0.4 is 10.6 Å². The van der Waals surface area contributed by atoms with E-state index in [1.807, 2.05) is 19.9 Å². The third-order valence-electron chi connectivity index (χ3n) is 4.04. The number of nitrogens with zero attached hydrogens (tertiary/aromatic N) is 1. The van der Waals surface area contributed by atoms with Gasteiger partial charge in [0.2, 0.25) is 11.8 Å². The molecule has 1 aliphatic rings. The van der Waals surface area contributed by atoms with Crippen LogP contribution in [0.3, 0.4) is 0 Å². The molecule has 1 saturated heterocycles. The fraction of sp³-hybridized carbons (Fsp3) is 0.556. The lowest BCUT2D eigenvalue weighted by Crippen LogP contribution is -2.48. The van der Waals surface area contributed by atoms with E-state index < -0.39 is 0 Å². The van der Waals surface area contributed by atoms with Crippen LogP contribution in [0.25, 0.3) is 0 Å². The number of nitrogens with one attached hydrogen (secondary N) is 2. The highest BCUT2D eigenvalue weighted by Gasteiger charge is 2.27. The smallest absolute Gasteiger partial charge is 0.223 e. The van der Waals surface area contributed by atoms with E-state index in [1.165, 1.54) is 12.1 Å². The molecule has 0 aliphatic carbocycles. The molecule has 1 heterocycles. The average molecular weight is 335 g/mol. The van der Waals surface area contributed by atoms with Gasteiger partial charge in [-0.1, -0.05) is 12.1 Å². The topological polar surface area (TPSA) is 61.4 Å². The van der Waals surface area contributed by atoms with Gasteiger partial charge < -0.3 is 15.5 Å². The van der Waals surface area contributed by atoms with Gasteiger partial charge in [-0.05, 0) is 38.0 Å². The monoisotopic (exact) mass is 335 g/mol. The predicted molar refractivity (Wildman–Crippen MR) is 90.9 cm³/mol. The highest BCUT2D eigenvalue weighted by Crippen LogP contribution is 2.24. The predicted octanol–water partition coefficient (Wildman–Crippen LogP) is 1.99. The molecular weight excluding hydrogens is 309 g/mol. The fourth-order valence-electron chi connectivity index (χ4n) is 2.95. The van der Waals surface area contributed by atoms with Crippen molar-refractivity contribution >= 4 is 11.8 Å². The van der Waals surface area contributed by atoms with Crippen molar-refractivity contribution in [1.29, 1.82) is 0 Å². The number of amides is 2. The largest absolute Gasteiger partial charge is 0.354 e. The van der Waals surface area contributed by atoms with Gasteiger partial charge >= 0.3 is 0 Å². The van der Waals surface area contributed by atoms with Crippen molar-refractivity contribution in [2.75, 3.05) is 19.6 Å².